The van der Waals surface area contributed by atoms with Crippen molar-refractivity contribution in [2.24, 2.45) is 0 Å². The van der Waals surface area contributed by atoms with Gasteiger partial charge in [0.25, 0.3) is 5.79 Å². The van der Waals surface area contributed by atoms with Crippen LogP contribution in [-0.4, -0.2) is 29.0 Å². The summed E-state index contributed by atoms with van der Waals surface area (Å²) in [6.45, 7) is 2.58. The van der Waals surface area contributed by atoms with E-state index < -0.39 is 51.6 Å². The van der Waals surface area contributed by atoms with Gasteiger partial charge in [0.05, 0.1) is 10.5 Å². The number of cyclic esters (lactones) is 2. The summed E-state index contributed by atoms with van der Waals surface area (Å²) in [7, 11) is 0. The van der Waals surface area contributed by atoms with E-state index in [0.717, 1.165) is 18.2 Å². The number of hydrogen-bond donors (Lipinski definition) is 0. The Kier molecular flexibility index (Phi) is 4.43. The number of nitro groups is 1. The van der Waals surface area contributed by atoms with E-state index in [-0.39, 0.29) is 0 Å². The first-order valence-electron chi connectivity index (χ1n) is 6.61. The Morgan fingerprint density at radius 2 is 1.76 bits per heavy atom. The number of carbonyl (C=O) groups excluding carboxylic acids is 2. The van der Waals surface area contributed by atoms with Crippen LogP contribution >= 0.6 is 0 Å². The number of carbonyl (C=O) groups is 2. The van der Waals surface area contributed by atoms with Gasteiger partial charge in [-0.25, -0.2) is 9.59 Å². The van der Waals surface area contributed by atoms with Gasteiger partial charge in [0.15, 0.2) is 0 Å². The molecule has 0 aromatic heterocycles. The fraction of sp³-hybridized carbons (Fsp3) is 0.286. The zero-order valence-corrected chi connectivity index (χ0v) is 12.7. The first kappa shape index (κ1) is 18.2. The molecule has 0 spiro atoms. The van der Waals surface area contributed by atoms with Crippen LogP contribution in [0.5, 0.6) is 5.75 Å². The third-order valence-electron chi connectivity index (χ3n) is 2.86. The van der Waals surface area contributed by atoms with Gasteiger partial charge in [-0.2, -0.15) is 0 Å². The van der Waals surface area contributed by atoms with Gasteiger partial charge in [-0.05, 0) is 18.2 Å². The molecule has 1 saturated heterocycles. The molecule has 1 fully saturated rings. The average molecular weight is 361 g/mol. The molecular weight excluding hydrogens is 351 g/mol. The third kappa shape index (κ3) is 4.25. The normalized spacial score (nSPS) is 16.8. The number of halogens is 3. The SMILES string of the molecule is CC1(C)OC(=O)C(=Cc2cccc(OC(F)(F)F)c2[N+](=O)[O-])C(=O)O1. The molecular formula is C14H10F3NO7. The summed E-state index contributed by atoms with van der Waals surface area (Å²) < 4.78 is 50.4. The smallest absolute Gasteiger partial charge is 0.419 e. The van der Waals surface area contributed by atoms with Crippen molar-refractivity contribution in [3.8, 4) is 5.75 Å². The van der Waals surface area contributed by atoms with Crippen LogP contribution < -0.4 is 4.74 Å². The minimum absolute atomic E-state index is 0.463. The Morgan fingerprint density at radius 1 is 1.20 bits per heavy atom. The van der Waals surface area contributed by atoms with Crippen LogP contribution in [0.3, 0.4) is 0 Å². The summed E-state index contributed by atoms with van der Waals surface area (Å²) in [5.41, 5.74) is -2.24. The standard InChI is InChI=1S/C14H10F3NO7/c1-13(2)24-11(19)8(12(20)25-13)6-7-4-3-5-9(10(7)18(21)22)23-14(15,16)17/h3-6H,1-2H3. The number of hydrogen-bond acceptors (Lipinski definition) is 7. The van der Waals surface area contributed by atoms with Crippen LogP contribution in [0.25, 0.3) is 6.08 Å². The molecule has 0 amide bonds. The van der Waals surface area contributed by atoms with Crippen LogP contribution in [0.1, 0.15) is 19.4 Å². The molecule has 0 unspecified atom stereocenters. The lowest BCUT2D eigenvalue weighted by Gasteiger charge is -2.29. The molecule has 8 nitrogen and oxygen atoms in total. The Bertz CT molecular complexity index is 761. The van der Waals surface area contributed by atoms with Crippen molar-refractivity contribution in [2.45, 2.75) is 26.0 Å². The van der Waals surface area contributed by atoms with E-state index in [1.807, 2.05) is 0 Å². The number of ether oxygens (including phenoxy) is 3. The highest BCUT2D eigenvalue weighted by atomic mass is 19.4. The van der Waals surface area contributed by atoms with Crippen LogP contribution in [0.2, 0.25) is 0 Å². The fourth-order valence-corrected chi connectivity index (χ4v) is 1.99. The first-order valence-corrected chi connectivity index (χ1v) is 6.61. The highest BCUT2D eigenvalue weighted by Crippen LogP contribution is 2.36. The van der Waals surface area contributed by atoms with Gasteiger partial charge in [-0.1, -0.05) is 6.07 Å². The molecule has 1 aliphatic heterocycles. The minimum atomic E-state index is -5.16. The molecule has 0 saturated carbocycles. The van der Waals surface area contributed by atoms with E-state index in [0.29, 0.717) is 6.08 Å². The molecule has 1 aromatic rings. The molecule has 0 radical (unpaired) electrons. The number of esters is 2. The molecule has 11 heteroatoms. The van der Waals surface area contributed by atoms with E-state index >= 15 is 0 Å². The Morgan fingerprint density at radius 3 is 2.24 bits per heavy atom. The lowest BCUT2D eigenvalue weighted by atomic mass is 10.1. The van der Waals surface area contributed by atoms with Gasteiger partial charge in [0.2, 0.25) is 5.75 Å². The summed E-state index contributed by atoms with van der Waals surface area (Å²) >= 11 is 0. The lowest BCUT2D eigenvalue weighted by molar-refractivity contribution is -0.388. The molecule has 134 valence electrons. The Labute approximate surface area is 137 Å². The highest BCUT2D eigenvalue weighted by Gasteiger charge is 2.40. The number of nitro benzene ring substituents is 1. The van der Waals surface area contributed by atoms with Crippen molar-refractivity contribution >= 4 is 23.7 Å². The summed E-state index contributed by atoms with van der Waals surface area (Å²) in [5, 5.41) is 11.1. The van der Waals surface area contributed by atoms with Crippen LogP contribution in [-0.2, 0) is 19.1 Å². The Balaban J connectivity index is 2.53. The van der Waals surface area contributed by atoms with Crippen molar-refractivity contribution in [2.75, 3.05) is 0 Å². The van der Waals surface area contributed by atoms with Gasteiger partial charge < -0.3 is 14.2 Å². The fourth-order valence-electron chi connectivity index (χ4n) is 1.99. The zero-order chi connectivity index (χ0) is 19.0. The van der Waals surface area contributed by atoms with Gasteiger partial charge in [0, 0.05) is 13.8 Å². The predicted molar refractivity (Wildman–Crippen MR) is 74.0 cm³/mol. The molecule has 0 N–H and O–H groups in total. The molecule has 0 aliphatic carbocycles. The first-order chi connectivity index (χ1) is 11.4. The van der Waals surface area contributed by atoms with E-state index in [1.165, 1.54) is 13.8 Å². The molecule has 2 rings (SSSR count). The maximum absolute atomic E-state index is 12.4. The topological polar surface area (TPSA) is 105 Å². The minimum Gasteiger partial charge on any atom is -0.419 e. The van der Waals surface area contributed by atoms with Crippen LogP contribution in [0.15, 0.2) is 23.8 Å². The Hall–Kier alpha value is -3.11. The molecule has 0 atom stereocenters. The third-order valence-corrected chi connectivity index (χ3v) is 2.86. The quantitative estimate of drug-likeness (QED) is 0.268. The lowest BCUT2D eigenvalue weighted by Crippen LogP contribution is -2.41. The second-order valence-corrected chi connectivity index (χ2v) is 5.24. The molecule has 1 aliphatic rings. The second kappa shape index (κ2) is 6.07. The largest absolute Gasteiger partial charge is 0.573 e. The number of alkyl halides is 3. The summed E-state index contributed by atoms with van der Waals surface area (Å²) in [6.07, 6.45) is -4.45. The van der Waals surface area contributed by atoms with Crippen molar-refractivity contribution in [3.05, 3.63) is 39.4 Å². The average Bonchev–Trinajstić information content (AvgIpc) is 2.39. The van der Waals surface area contributed by atoms with Crippen LogP contribution in [0.4, 0.5) is 18.9 Å². The summed E-state index contributed by atoms with van der Waals surface area (Å²) in [5.74, 6) is -4.88. The second-order valence-electron chi connectivity index (χ2n) is 5.24. The summed E-state index contributed by atoms with van der Waals surface area (Å²) in [4.78, 5) is 33.7. The van der Waals surface area contributed by atoms with Crippen molar-refractivity contribution in [1.29, 1.82) is 0 Å². The van der Waals surface area contributed by atoms with E-state index in [9.17, 15) is 32.9 Å². The number of para-hydroxylation sites is 1. The maximum Gasteiger partial charge on any atom is 0.573 e. The predicted octanol–water partition coefficient (Wildman–Crippen LogP) is 2.71. The number of benzene rings is 1. The molecule has 1 aromatic carbocycles. The van der Waals surface area contributed by atoms with Crippen molar-refractivity contribution in [3.63, 3.8) is 0 Å². The van der Waals surface area contributed by atoms with Gasteiger partial charge in [-0.3, -0.25) is 10.1 Å². The van der Waals surface area contributed by atoms with Crippen molar-refractivity contribution in [1.82, 2.24) is 0 Å². The highest BCUT2D eigenvalue weighted by molar-refractivity contribution is 6.19. The summed E-state index contributed by atoms with van der Waals surface area (Å²) in [6, 6.07) is 2.80. The van der Waals surface area contributed by atoms with E-state index in [1.54, 1.807) is 0 Å². The van der Waals surface area contributed by atoms with Crippen LogP contribution in [0, 0.1) is 10.1 Å². The molecule has 25 heavy (non-hydrogen) atoms. The van der Waals surface area contributed by atoms with E-state index in [4.69, 9.17) is 9.47 Å². The molecule has 0 bridgehead atoms. The van der Waals surface area contributed by atoms with Gasteiger partial charge in [-0.15, -0.1) is 13.2 Å². The van der Waals surface area contributed by atoms with Gasteiger partial charge in [0.1, 0.15) is 5.57 Å². The van der Waals surface area contributed by atoms with E-state index in [2.05, 4.69) is 4.74 Å². The zero-order valence-electron chi connectivity index (χ0n) is 12.7. The number of rotatable bonds is 3. The van der Waals surface area contributed by atoms with Crippen molar-refractivity contribution < 1.29 is 41.9 Å². The monoisotopic (exact) mass is 361 g/mol. The van der Waals surface area contributed by atoms with Gasteiger partial charge >= 0.3 is 24.0 Å². The number of nitrogens with zero attached hydrogens (tertiary/aromatic N) is 1. The maximum atomic E-state index is 12.4. The molecule has 1 heterocycles.